The molecule has 20 heavy (non-hydrogen) atoms. The number of hydrogen-bond acceptors (Lipinski definition) is 3. The molecule has 4 N–H and O–H groups in total. The predicted octanol–water partition coefficient (Wildman–Crippen LogP) is 3.48. The van der Waals surface area contributed by atoms with Gasteiger partial charge in [-0.15, -0.1) is 0 Å². The topological polar surface area (TPSA) is 55.3 Å². The lowest BCUT2D eigenvalue weighted by molar-refractivity contribution is 0.624. The van der Waals surface area contributed by atoms with Crippen LogP contribution in [0.5, 0.6) is 0 Å². The molecule has 104 valence electrons. The van der Waals surface area contributed by atoms with Gasteiger partial charge in [-0.05, 0) is 30.2 Å². The van der Waals surface area contributed by atoms with Crippen molar-refractivity contribution in [1.82, 2.24) is 0 Å². The Kier molecular flexibility index (Phi) is 2.94. The van der Waals surface area contributed by atoms with E-state index in [4.69, 9.17) is 23.1 Å². The summed E-state index contributed by atoms with van der Waals surface area (Å²) in [4.78, 5) is 1.63. The molecule has 0 bridgehead atoms. The van der Waals surface area contributed by atoms with E-state index >= 15 is 0 Å². The fourth-order valence-electron chi connectivity index (χ4n) is 2.52. The summed E-state index contributed by atoms with van der Waals surface area (Å²) in [5, 5.41) is -0.168. The average molecular weight is 296 g/mol. The van der Waals surface area contributed by atoms with Gasteiger partial charge in [-0.1, -0.05) is 17.7 Å². The van der Waals surface area contributed by atoms with Gasteiger partial charge in [0.1, 0.15) is 16.5 Å². The molecule has 1 heterocycles. The zero-order chi connectivity index (χ0) is 14.4. The van der Waals surface area contributed by atoms with Crippen molar-refractivity contribution in [1.29, 1.82) is 0 Å². The van der Waals surface area contributed by atoms with Crippen molar-refractivity contribution in [3.8, 4) is 0 Å². The van der Waals surface area contributed by atoms with Gasteiger partial charge in [0.15, 0.2) is 5.82 Å². The number of hydrogen-bond donors (Lipinski definition) is 2. The van der Waals surface area contributed by atoms with Gasteiger partial charge in [0.05, 0.1) is 11.4 Å². The maximum atomic E-state index is 14.3. The quantitative estimate of drug-likeness (QED) is 0.792. The zero-order valence-corrected chi connectivity index (χ0v) is 11.2. The summed E-state index contributed by atoms with van der Waals surface area (Å²) < 4.78 is 27.7. The first-order valence-electron chi connectivity index (χ1n) is 6.08. The maximum Gasteiger partial charge on any atom is 0.169 e. The van der Waals surface area contributed by atoms with Crippen LogP contribution in [0.2, 0.25) is 5.02 Å². The van der Waals surface area contributed by atoms with E-state index in [0.717, 1.165) is 5.56 Å². The molecule has 0 atom stereocenters. The van der Waals surface area contributed by atoms with Crippen LogP contribution < -0.4 is 16.4 Å². The van der Waals surface area contributed by atoms with Crippen LogP contribution in [0.15, 0.2) is 24.3 Å². The number of fused-ring (bicyclic) bond motifs is 1. The van der Waals surface area contributed by atoms with Gasteiger partial charge >= 0.3 is 0 Å². The summed E-state index contributed by atoms with van der Waals surface area (Å²) in [7, 11) is 0. The average Bonchev–Trinajstić information content (AvgIpc) is 2.79. The van der Waals surface area contributed by atoms with Crippen LogP contribution in [-0.4, -0.2) is 6.54 Å². The summed E-state index contributed by atoms with van der Waals surface area (Å²) in [5.41, 5.74) is 13.4. The van der Waals surface area contributed by atoms with Crippen LogP contribution in [0.4, 0.5) is 31.5 Å². The van der Waals surface area contributed by atoms with E-state index in [1.54, 1.807) is 11.0 Å². The number of nitrogen functional groups attached to an aromatic ring is 2. The Morgan fingerprint density at radius 1 is 1.10 bits per heavy atom. The highest BCUT2D eigenvalue weighted by atomic mass is 35.5. The molecule has 6 heteroatoms. The SMILES string of the molecule is Nc1cc(N)c(N2CCc3ccc(F)cc32)c(F)c1Cl. The van der Waals surface area contributed by atoms with E-state index in [1.807, 2.05) is 0 Å². The van der Waals surface area contributed by atoms with Crippen molar-refractivity contribution in [2.24, 2.45) is 0 Å². The molecule has 0 amide bonds. The first kappa shape index (κ1) is 13.0. The first-order valence-corrected chi connectivity index (χ1v) is 6.45. The molecule has 0 saturated carbocycles. The molecule has 3 nitrogen and oxygen atoms in total. The molecule has 0 unspecified atom stereocenters. The summed E-state index contributed by atoms with van der Waals surface area (Å²) in [5.74, 6) is -1.06. The Morgan fingerprint density at radius 3 is 2.60 bits per heavy atom. The van der Waals surface area contributed by atoms with Gasteiger partial charge in [-0.3, -0.25) is 0 Å². The van der Waals surface area contributed by atoms with Crippen LogP contribution in [0.1, 0.15) is 5.56 Å². The van der Waals surface area contributed by atoms with Crippen molar-refractivity contribution >= 4 is 34.4 Å². The molecular weight excluding hydrogens is 284 g/mol. The minimum absolute atomic E-state index is 0.0871. The predicted molar refractivity (Wildman–Crippen MR) is 77.3 cm³/mol. The smallest absolute Gasteiger partial charge is 0.169 e. The summed E-state index contributed by atoms with van der Waals surface area (Å²) >= 11 is 5.84. The van der Waals surface area contributed by atoms with E-state index in [0.29, 0.717) is 18.7 Å². The van der Waals surface area contributed by atoms with Gasteiger partial charge in [-0.25, -0.2) is 8.78 Å². The Labute approximate surface area is 119 Å². The van der Waals surface area contributed by atoms with Crippen molar-refractivity contribution < 1.29 is 8.78 Å². The Hall–Kier alpha value is -2.01. The van der Waals surface area contributed by atoms with Crippen LogP contribution in [-0.2, 0) is 6.42 Å². The minimum atomic E-state index is -0.679. The van der Waals surface area contributed by atoms with Crippen molar-refractivity contribution in [3.63, 3.8) is 0 Å². The number of nitrogens with zero attached hydrogens (tertiary/aromatic N) is 1. The Balaban J connectivity index is 2.18. The molecule has 0 radical (unpaired) electrons. The van der Waals surface area contributed by atoms with Gasteiger partial charge in [0, 0.05) is 12.2 Å². The van der Waals surface area contributed by atoms with Gasteiger partial charge < -0.3 is 16.4 Å². The summed E-state index contributed by atoms with van der Waals surface area (Å²) in [6, 6.07) is 5.86. The number of halogens is 3. The molecule has 1 aliphatic rings. The highest BCUT2D eigenvalue weighted by Gasteiger charge is 2.27. The van der Waals surface area contributed by atoms with Crippen LogP contribution in [0, 0.1) is 11.6 Å². The fourth-order valence-corrected chi connectivity index (χ4v) is 2.66. The van der Waals surface area contributed by atoms with Gasteiger partial charge in [-0.2, -0.15) is 0 Å². The number of nitrogens with two attached hydrogens (primary N) is 2. The molecule has 0 spiro atoms. The van der Waals surface area contributed by atoms with E-state index < -0.39 is 5.82 Å². The van der Waals surface area contributed by atoms with Gasteiger partial charge in [0.25, 0.3) is 0 Å². The molecule has 0 aromatic heterocycles. The van der Waals surface area contributed by atoms with Crippen LogP contribution in [0.3, 0.4) is 0 Å². The lowest BCUT2D eigenvalue weighted by Crippen LogP contribution is -2.17. The minimum Gasteiger partial charge on any atom is -0.397 e. The molecule has 2 aromatic rings. The van der Waals surface area contributed by atoms with Crippen LogP contribution in [0.25, 0.3) is 0 Å². The van der Waals surface area contributed by atoms with Crippen molar-refractivity contribution in [2.75, 3.05) is 22.9 Å². The standard InChI is InChI=1S/C14H12ClF2N3/c15-12-9(18)6-10(19)14(13(12)17)20-4-3-7-1-2-8(16)5-11(7)20/h1-2,5-6H,3-4,18-19H2. The van der Waals surface area contributed by atoms with Crippen molar-refractivity contribution in [2.45, 2.75) is 6.42 Å². The monoisotopic (exact) mass is 295 g/mol. The third-order valence-electron chi connectivity index (χ3n) is 3.45. The van der Waals surface area contributed by atoms with E-state index in [9.17, 15) is 8.78 Å². The molecule has 0 fully saturated rings. The zero-order valence-electron chi connectivity index (χ0n) is 10.5. The third-order valence-corrected chi connectivity index (χ3v) is 3.84. The van der Waals surface area contributed by atoms with Crippen molar-refractivity contribution in [3.05, 3.63) is 46.5 Å². The molecule has 3 rings (SSSR count). The maximum absolute atomic E-state index is 14.3. The second kappa shape index (κ2) is 4.52. The first-order chi connectivity index (χ1) is 9.49. The van der Waals surface area contributed by atoms with Gasteiger partial charge in [0.2, 0.25) is 0 Å². The van der Waals surface area contributed by atoms with E-state index in [-0.39, 0.29) is 27.9 Å². The normalized spacial score (nSPS) is 13.7. The lowest BCUT2D eigenvalue weighted by atomic mass is 10.1. The summed E-state index contributed by atoms with van der Waals surface area (Å²) in [6.45, 7) is 0.514. The second-order valence-electron chi connectivity index (χ2n) is 4.71. The third kappa shape index (κ3) is 1.86. The number of anilines is 4. The Morgan fingerprint density at radius 2 is 1.85 bits per heavy atom. The fraction of sp³-hybridized carbons (Fsp3) is 0.143. The second-order valence-corrected chi connectivity index (χ2v) is 5.08. The van der Waals surface area contributed by atoms with Crippen LogP contribution >= 0.6 is 11.6 Å². The highest BCUT2D eigenvalue weighted by Crippen LogP contribution is 2.42. The highest BCUT2D eigenvalue weighted by molar-refractivity contribution is 6.33. The molecule has 0 aliphatic carbocycles. The lowest BCUT2D eigenvalue weighted by Gasteiger charge is -2.23. The van der Waals surface area contributed by atoms with E-state index in [2.05, 4.69) is 0 Å². The Bertz CT molecular complexity index is 703. The molecule has 0 saturated heterocycles. The molecular formula is C14H12ClF2N3. The largest absolute Gasteiger partial charge is 0.397 e. The number of rotatable bonds is 1. The molecule has 1 aliphatic heterocycles. The van der Waals surface area contributed by atoms with E-state index in [1.165, 1.54) is 18.2 Å². The summed E-state index contributed by atoms with van der Waals surface area (Å²) in [6.07, 6.45) is 0.691. The molecule has 2 aromatic carbocycles. The number of benzene rings is 2.